The Morgan fingerprint density at radius 2 is 1.88 bits per heavy atom. The van der Waals surface area contributed by atoms with Crippen molar-refractivity contribution in [2.24, 2.45) is 0 Å². The number of esters is 1. The normalized spacial score (nSPS) is 14.1. The van der Waals surface area contributed by atoms with Gasteiger partial charge in [-0.15, -0.1) is 0 Å². The van der Waals surface area contributed by atoms with Crippen LogP contribution in [0.4, 0.5) is 0 Å². The zero-order valence-corrected chi connectivity index (χ0v) is 10.7. The van der Waals surface area contributed by atoms with Crippen LogP contribution in [0.5, 0.6) is 0 Å². The van der Waals surface area contributed by atoms with Gasteiger partial charge in [0, 0.05) is 6.61 Å². The first-order valence-corrected chi connectivity index (χ1v) is 6.01. The van der Waals surface area contributed by atoms with Crippen LogP contribution in [0, 0.1) is 0 Å². The molecule has 17 heavy (non-hydrogen) atoms. The van der Waals surface area contributed by atoms with Crippen molar-refractivity contribution < 1.29 is 14.3 Å². The Labute approximate surface area is 103 Å². The average Bonchev–Trinajstić information content (AvgIpc) is 2.37. The van der Waals surface area contributed by atoms with E-state index in [4.69, 9.17) is 9.47 Å². The first-order chi connectivity index (χ1) is 8.15. The Morgan fingerprint density at radius 1 is 1.24 bits per heavy atom. The maximum absolute atomic E-state index is 12.0. The van der Waals surface area contributed by atoms with Gasteiger partial charge in [0.1, 0.15) is 0 Å². The molecule has 0 heterocycles. The van der Waals surface area contributed by atoms with Gasteiger partial charge < -0.3 is 9.47 Å². The molecule has 0 radical (unpaired) electrons. The van der Waals surface area contributed by atoms with Gasteiger partial charge in [0.15, 0.2) is 5.60 Å². The quantitative estimate of drug-likeness (QED) is 0.712. The van der Waals surface area contributed by atoms with Crippen LogP contribution < -0.4 is 0 Å². The van der Waals surface area contributed by atoms with Crippen LogP contribution in [-0.4, -0.2) is 19.2 Å². The third-order valence-electron chi connectivity index (χ3n) is 2.58. The fraction of sp³-hybridized carbons (Fsp3) is 0.500. The molecule has 0 aliphatic carbocycles. The number of rotatable bonds is 6. The summed E-state index contributed by atoms with van der Waals surface area (Å²) in [5, 5.41) is 0. The molecule has 0 saturated carbocycles. The lowest BCUT2D eigenvalue weighted by Gasteiger charge is -2.27. The molecular weight excluding hydrogens is 216 g/mol. The van der Waals surface area contributed by atoms with E-state index in [-0.39, 0.29) is 5.97 Å². The van der Waals surface area contributed by atoms with Gasteiger partial charge in [0.2, 0.25) is 0 Å². The molecule has 0 aromatic heterocycles. The standard InChI is InChI=1S/C14H20O3/c1-4-11-17-14(3,13(15)16-5-2)12-9-7-6-8-10-12/h6-10H,4-5,11H2,1-3H3/t14-/m1/s1. The van der Waals surface area contributed by atoms with Gasteiger partial charge in [0.05, 0.1) is 6.61 Å². The van der Waals surface area contributed by atoms with Gasteiger partial charge in [0.25, 0.3) is 0 Å². The molecule has 0 bridgehead atoms. The van der Waals surface area contributed by atoms with Crippen LogP contribution in [0.3, 0.4) is 0 Å². The number of benzene rings is 1. The van der Waals surface area contributed by atoms with Crippen LogP contribution >= 0.6 is 0 Å². The van der Waals surface area contributed by atoms with Crippen molar-refractivity contribution in [1.82, 2.24) is 0 Å². The van der Waals surface area contributed by atoms with Crippen molar-refractivity contribution in [3.63, 3.8) is 0 Å². The van der Waals surface area contributed by atoms with Crippen LogP contribution in [0.2, 0.25) is 0 Å². The van der Waals surface area contributed by atoms with Crippen molar-refractivity contribution in [2.75, 3.05) is 13.2 Å². The van der Waals surface area contributed by atoms with Crippen LogP contribution in [-0.2, 0) is 19.9 Å². The summed E-state index contributed by atoms with van der Waals surface area (Å²) in [7, 11) is 0. The summed E-state index contributed by atoms with van der Waals surface area (Å²) in [6.07, 6.45) is 0.863. The Hall–Kier alpha value is -1.35. The second-order valence-electron chi connectivity index (χ2n) is 3.97. The lowest BCUT2D eigenvalue weighted by molar-refractivity contribution is -0.171. The molecule has 1 rings (SSSR count). The van der Waals surface area contributed by atoms with E-state index in [9.17, 15) is 4.79 Å². The highest BCUT2D eigenvalue weighted by Crippen LogP contribution is 2.27. The van der Waals surface area contributed by atoms with Gasteiger partial charge in [-0.1, -0.05) is 37.3 Å². The molecular formula is C14H20O3. The molecule has 0 amide bonds. The minimum atomic E-state index is -1.01. The smallest absolute Gasteiger partial charge is 0.342 e. The molecule has 0 aliphatic rings. The summed E-state index contributed by atoms with van der Waals surface area (Å²) in [4.78, 5) is 12.0. The second-order valence-corrected chi connectivity index (χ2v) is 3.97. The highest BCUT2D eigenvalue weighted by Gasteiger charge is 2.37. The first-order valence-electron chi connectivity index (χ1n) is 6.01. The average molecular weight is 236 g/mol. The van der Waals surface area contributed by atoms with E-state index in [0.29, 0.717) is 13.2 Å². The molecule has 1 aromatic rings. The maximum Gasteiger partial charge on any atom is 0.342 e. The van der Waals surface area contributed by atoms with Crippen molar-refractivity contribution in [2.45, 2.75) is 32.8 Å². The zero-order chi connectivity index (χ0) is 12.7. The fourth-order valence-corrected chi connectivity index (χ4v) is 1.59. The number of carbonyl (C=O) groups excluding carboxylic acids is 1. The van der Waals surface area contributed by atoms with E-state index in [1.807, 2.05) is 37.3 Å². The summed E-state index contributed by atoms with van der Waals surface area (Å²) < 4.78 is 10.8. The third-order valence-corrected chi connectivity index (χ3v) is 2.58. The maximum atomic E-state index is 12.0. The Balaban J connectivity index is 2.97. The Morgan fingerprint density at radius 3 is 2.41 bits per heavy atom. The van der Waals surface area contributed by atoms with Gasteiger partial charge >= 0.3 is 5.97 Å². The number of ether oxygens (including phenoxy) is 2. The summed E-state index contributed by atoms with van der Waals surface area (Å²) >= 11 is 0. The Bertz CT molecular complexity index is 348. The van der Waals surface area contributed by atoms with Crippen LogP contribution in [0.1, 0.15) is 32.8 Å². The van der Waals surface area contributed by atoms with Crippen LogP contribution in [0.25, 0.3) is 0 Å². The molecule has 1 atom stereocenters. The molecule has 94 valence electrons. The molecule has 0 saturated heterocycles. The molecule has 3 heteroatoms. The summed E-state index contributed by atoms with van der Waals surface area (Å²) in [6, 6.07) is 9.46. The van der Waals surface area contributed by atoms with E-state index in [1.165, 1.54) is 0 Å². The number of hydrogen-bond acceptors (Lipinski definition) is 3. The van der Waals surface area contributed by atoms with Gasteiger partial charge in [-0.2, -0.15) is 0 Å². The van der Waals surface area contributed by atoms with Gasteiger partial charge in [-0.05, 0) is 25.8 Å². The Kier molecular flexibility index (Phi) is 5.16. The number of carbonyl (C=O) groups is 1. The largest absolute Gasteiger partial charge is 0.464 e. The fourth-order valence-electron chi connectivity index (χ4n) is 1.59. The second kappa shape index (κ2) is 6.40. The lowest BCUT2D eigenvalue weighted by Crippen LogP contribution is -2.37. The molecule has 0 aliphatic heterocycles. The summed E-state index contributed by atoms with van der Waals surface area (Å²) in [5.41, 5.74) is -0.181. The zero-order valence-electron chi connectivity index (χ0n) is 10.7. The number of hydrogen-bond donors (Lipinski definition) is 0. The monoisotopic (exact) mass is 236 g/mol. The molecule has 0 spiro atoms. The molecule has 0 N–H and O–H groups in total. The van der Waals surface area contributed by atoms with Gasteiger partial charge in [-0.3, -0.25) is 0 Å². The van der Waals surface area contributed by atoms with E-state index in [0.717, 1.165) is 12.0 Å². The highest BCUT2D eigenvalue weighted by atomic mass is 16.6. The first kappa shape index (κ1) is 13.7. The summed E-state index contributed by atoms with van der Waals surface area (Å²) in [5.74, 6) is -0.334. The molecule has 0 unspecified atom stereocenters. The van der Waals surface area contributed by atoms with Crippen LogP contribution in [0.15, 0.2) is 30.3 Å². The van der Waals surface area contributed by atoms with Crippen molar-refractivity contribution in [3.8, 4) is 0 Å². The minimum Gasteiger partial charge on any atom is -0.464 e. The van der Waals surface area contributed by atoms with Crippen molar-refractivity contribution >= 4 is 5.97 Å². The van der Waals surface area contributed by atoms with E-state index < -0.39 is 5.60 Å². The third kappa shape index (κ3) is 3.30. The van der Waals surface area contributed by atoms with Crippen molar-refractivity contribution in [3.05, 3.63) is 35.9 Å². The van der Waals surface area contributed by atoms with Crippen molar-refractivity contribution in [1.29, 1.82) is 0 Å². The SMILES string of the molecule is CCCO[C@@](C)(C(=O)OCC)c1ccccc1. The predicted molar refractivity (Wildman–Crippen MR) is 66.7 cm³/mol. The minimum absolute atomic E-state index is 0.334. The summed E-state index contributed by atoms with van der Waals surface area (Å²) in [6.45, 7) is 6.45. The topological polar surface area (TPSA) is 35.5 Å². The molecule has 3 nitrogen and oxygen atoms in total. The van der Waals surface area contributed by atoms with Gasteiger partial charge in [-0.25, -0.2) is 4.79 Å². The molecule has 1 aromatic carbocycles. The lowest BCUT2D eigenvalue weighted by atomic mass is 9.96. The predicted octanol–water partition coefficient (Wildman–Crippen LogP) is 2.89. The molecule has 0 fully saturated rings. The van der Waals surface area contributed by atoms with E-state index in [2.05, 4.69) is 0 Å². The van der Waals surface area contributed by atoms with E-state index >= 15 is 0 Å². The van der Waals surface area contributed by atoms with E-state index in [1.54, 1.807) is 13.8 Å². The highest BCUT2D eigenvalue weighted by molar-refractivity contribution is 5.80.